The minimum atomic E-state index is -0.180. The third-order valence-electron chi connectivity index (χ3n) is 3.12. The van der Waals surface area contributed by atoms with Gasteiger partial charge in [0.15, 0.2) is 5.78 Å². The number of nitrogens with one attached hydrogen (secondary N) is 1. The first-order valence-electron chi connectivity index (χ1n) is 5.86. The summed E-state index contributed by atoms with van der Waals surface area (Å²) in [5.41, 5.74) is 3.28. The second-order valence-electron chi connectivity index (χ2n) is 4.50. The minimum absolute atomic E-state index is 0.0713. The van der Waals surface area contributed by atoms with Gasteiger partial charge in [-0.1, -0.05) is 6.07 Å². The summed E-state index contributed by atoms with van der Waals surface area (Å²) in [4.78, 5) is 23.3. The molecule has 0 aromatic heterocycles. The molecule has 2 N–H and O–H groups in total. The molecule has 2 aromatic carbocycles. The lowest BCUT2D eigenvalue weighted by Gasteiger charge is -2.04. The molecule has 0 saturated carbocycles. The van der Waals surface area contributed by atoms with Gasteiger partial charge in [-0.3, -0.25) is 9.59 Å². The highest BCUT2D eigenvalue weighted by Gasteiger charge is 2.27. The molecule has 0 unspecified atom stereocenters. The lowest BCUT2D eigenvalue weighted by Crippen LogP contribution is -2.06. The van der Waals surface area contributed by atoms with E-state index >= 15 is 0 Å². The van der Waals surface area contributed by atoms with Crippen molar-refractivity contribution in [3.8, 4) is 16.9 Å². The maximum atomic E-state index is 12.3. The van der Waals surface area contributed by atoms with Crippen LogP contribution in [0.3, 0.4) is 0 Å². The third kappa shape index (κ3) is 1.78. The number of amides is 1. The smallest absolute Gasteiger partial charge is 0.221 e. The summed E-state index contributed by atoms with van der Waals surface area (Å²) in [5, 5.41) is 12.1. The molecule has 19 heavy (non-hydrogen) atoms. The van der Waals surface area contributed by atoms with Gasteiger partial charge < -0.3 is 10.4 Å². The van der Waals surface area contributed by atoms with E-state index in [0.29, 0.717) is 16.8 Å². The predicted molar refractivity (Wildman–Crippen MR) is 71.3 cm³/mol. The zero-order valence-electron chi connectivity index (χ0n) is 10.2. The van der Waals surface area contributed by atoms with E-state index in [1.807, 2.05) is 0 Å². The average molecular weight is 253 g/mol. The molecule has 0 bridgehead atoms. The van der Waals surface area contributed by atoms with Crippen LogP contribution in [-0.4, -0.2) is 16.8 Å². The Kier molecular flexibility index (Phi) is 2.38. The van der Waals surface area contributed by atoms with Crippen LogP contribution in [0.15, 0.2) is 36.4 Å². The zero-order chi connectivity index (χ0) is 13.6. The highest BCUT2D eigenvalue weighted by molar-refractivity contribution is 6.22. The fourth-order valence-corrected chi connectivity index (χ4v) is 2.35. The summed E-state index contributed by atoms with van der Waals surface area (Å²) < 4.78 is 0. The van der Waals surface area contributed by atoms with Crippen molar-refractivity contribution in [2.45, 2.75) is 6.92 Å². The summed E-state index contributed by atoms with van der Waals surface area (Å²) in [7, 11) is 0. The normalized spacial score (nSPS) is 11.9. The number of benzene rings is 2. The average Bonchev–Trinajstić information content (AvgIpc) is 2.62. The molecule has 0 fully saturated rings. The zero-order valence-corrected chi connectivity index (χ0v) is 10.2. The number of phenols is 1. The molecule has 94 valence electrons. The van der Waals surface area contributed by atoms with Crippen molar-refractivity contribution in [1.82, 2.24) is 0 Å². The Morgan fingerprint density at radius 1 is 1.00 bits per heavy atom. The van der Waals surface area contributed by atoms with E-state index < -0.39 is 0 Å². The number of hydrogen-bond acceptors (Lipinski definition) is 3. The summed E-state index contributed by atoms with van der Waals surface area (Å²) >= 11 is 0. The second kappa shape index (κ2) is 3.95. The molecule has 1 aliphatic carbocycles. The van der Waals surface area contributed by atoms with Gasteiger partial charge in [-0.05, 0) is 41.5 Å². The second-order valence-corrected chi connectivity index (χ2v) is 4.50. The van der Waals surface area contributed by atoms with Gasteiger partial charge in [-0.25, -0.2) is 0 Å². The quantitative estimate of drug-likeness (QED) is 0.700. The van der Waals surface area contributed by atoms with Crippen molar-refractivity contribution in [3.63, 3.8) is 0 Å². The van der Waals surface area contributed by atoms with Crippen LogP contribution in [0.4, 0.5) is 5.69 Å². The third-order valence-corrected chi connectivity index (χ3v) is 3.12. The van der Waals surface area contributed by atoms with Crippen molar-refractivity contribution < 1.29 is 14.7 Å². The first kappa shape index (κ1) is 11.5. The minimum Gasteiger partial charge on any atom is -0.508 e. The van der Waals surface area contributed by atoms with Crippen LogP contribution >= 0.6 is 0 Å². The van der Waals surface area contributed by atoms with Crippen LogP contribution < -0.4 is 5.32 Å². The predicted octanol–water partition coefficient (Wildman–Crippen LogP) is 2.56. The highest BCUT2D eigenvalue weighted by atomic mass is 16.3. The van der Waals surface area contributed by atoms with Crippen molar-refractivity contribution in [2.75, 3.05) is 5.32 Å². The Labute approximate surface area is 109 Å². The van der Waals surface area contributed by atoms with Gasteiger partial charge in [0.1, 0.15) is 5.75 Å². The molecule has 1 aliphatic rings. The number of anilines is 1. The number of hydrogen-bond donors (Lipinski definition) is 2. The van der Waals surface area contributed by atoms with Gasteiger partial charge >= 0.3 is 0 Å². The van der Waals surface area contributed by atoms with Crippen LogP contribution in [0.5, 0.6) is 5.75 Å². The molecule has 0 spiro atoms. The summed E-state index contributed by atoms with van der Waals surface area (Å²) in [5.74, 6) is -0.240. The van der Waals surface area contributed by atoms with Crippen LogP contribution in [0.25, 0.3) is 11.1 Å². The number of carbonyl (C=O) groups is 2. The van der Waals surface area contributed by atoms with E-state index in [-0.39, 0.29) is 17.4 Å². The summed E-state index contributed by atoms with van der Waals surface area (Å²) in [6, 6.07) is 9.98. The number of rotatable bonds is 1. The maximum absolute atomic E-state index is 12.3. The molecule has 4 nitrogen and oxygen atoms in total. The number of carbonyl (C=O) groups excluding carboxylic acids is 2. The monoisotopic (exact) mass is 253 g/mol. The van der Waals surface area contributed by atoms with Crippen LogP contribution in [0.1, 0.15) is 22.8 Å². The number of phenolic OH excluding ortho intramolecular Hbond substituents is 1. The van der Waals surface area contributed by atoms with E-state index in [4.69, 9.17) is 0 Å². The number of fused-ring (bicyclic) bond motifs is 3. The summed E-state index contributed by atoms with van der Waals surface area (Å²) in [6.45, 7) is 1.42. The van der Waals surface area contributed by atoms with Gasteiger partial charge in [-0.15, -0.1) is 0 Å². The van der Waals surface area contributed by atoms with Gasteiger partial charge in [0.25, 0.3) is 0 Å². The van der Waals surface area contributed by atoms with Crippen LogP contribution in [-0.2, 0) is 4.79 Å². The van der Waals surface area contributed by atoms with E-state index in [0.717, 1.165) is 11.1 Å². The Morgan fingerprint density at radius 3 is 2.32 bits per heavy atom. The molecule has 0 aliphatic heterocycles. The summed E-state index contributed by atoms with van der Waals surface area (Å²) in [6.07, 6.45) is 0. The molecule has 4 heteroatoms. The first-order valence-corrected chi connectivity index (χ1v) is 5.86. The molecule has 0 atom stereocenters. The fraction of sp³-hybridized carbons (Fsp3) is 0.0667. The molecule has 0 saturated heterocycles. The lowest BCUT2D eigenvalue weighted by atomic mass is 10.1. The largest absolute Gasteiger partial charge is 0.508 e. The van der Waals surface area contributed by atoms with Crippen molar-refractivity contribution in [3.05, 3.63) is 47.5 Å². The van der Waals surface area contributed by atoms with Crippen LogP contribution in [0, 0.1) is 0 Å². The molecular weight excluding hydrogens is 242 g/mol. The van der Waals surface area contributed by atoms with Gasteiger partial charge in [0, 0.05) is 23.7 Å². The maximum Gasteiger partial charge on any atom is 0.221 e. The van der Waals surface area contributed by atoms with E-state index in [1.165, 1.54) is 13.0 Å². The SMILES string of the molecule is CC(=O)Nc1ccc2c(c1)C(=O)c1cc(O)ccc1-2. The standard InChI is InChI=1S/C15H11NO3/c1-8(17)16-9-2-4-11-12-5-3-10(18)7-14(12)15(19)13(11)6-9/h2-7,18H,1H3,(H,16,17). The van der Waals surface area contributed by atoms with Crippen molar-refractivity contribution in [2.24, 2.45) is 0 Å². The Hall–Kier alpha value is -2.62. The Morgan fingerprint density at radius 2 is 1.63 bits per heavy atom. The first-order chi connectivity index (χ1) is 9.06. The molecule has 1 amide bonds. The van der Waals surface area contributed by atoms with Crippen molar-refractivity contribution >= 4 is 17.4 Å². The van der Waals surface area contributed by atoms with E-state index in [2.05, 4.69) is 5.32 Å². The van der Waals surface area contributed by atoms with Gasteiger partial charge in [-0.2, -0.15) is 0 Å². The lowest BCUT2D eigenvalue weighted by molar-refractivity contribution is -0.114. The van der Waals surface area contributed by atoms with Gasteiger partial charge in [0.05, 0.1) is 0 Å². The van der Waals surface area contributed by atoms with Crippen molar-refractivity contribution in [1.29, 1.82) is 0 Å². The molecule has 3 rings (SSSR count). The Bertz CT molecular complexity index is 719. The fourth-order valence-electron chi connectivity index (χ4n) is 2.35. The number of ketones is 1. The number of aromatic hydroxyl groups is 1. The molecular formula is C15H11NO3. The van der Waals surface area contributed by atoms with Gasteiger partial charge in [0.2, 0.25) is 5.91 Å². The van der Waals surface area contributed by atoms with E-state index in [1.54, 1.807) is 30.3 Å². The molecule has 0 heterocycles. The molecule has 0 radical (unpaired) electrons. The highest BCUT2D eigenvalue weighted by Crippen LogP contribution is 2.39. The van der Waals surface area contributed by atoms with Crippen LogP contribution in [0.2, 0.25) is 0 Å². The topological polar surface area (TPSA) is 66.4 Å². The Balaban J connectivity index is 2.13. The molecule has 2 aromatic rings. The van der Waals surface area contributed by atoms with E-state index in [9.17, 15) is 14.7 Å².